The fourth-order valence-electron chi connectivity index (χ4n) is 2.87. The topological polar surface area (TPSA) is 99.2 Å². The first-order valence-corrected chi connectivity index (χ1v) is 10.1. The molecule has 0 saturated heterocycles. The molecule has 0 aliphatic rings. The quantitative estimate of drug-likeness (QED) is 0.448. The second-order valence-corrected chi connectivity index (χ2v) is 7.51. The molecule has 2 aromatic carbocycles. The SMILES string of the molecule is COc1ccc(NC(=O)Cn2cc(-c3nc(-c4ccc(Br)cc4)no3)ccc2=O)cc1. The van der Waals surface area contributed by atoms with E-state index in [1.165, 1.54) is 16.8 Å². The van der Waals surface area contributed by atoms with Crippen molar-refractivity contribution in [1.29, 1.82) is 0 Å². The number of nitrogens with zero attached hydrogens (tertiary/aromatic N) is 3. The normalized spacial score (nSPS) is 10.6. The number of carbonyl (C=O) groups is 1. The highest BCUT2D eigenvalue weighted by Gasteiger charge is 2.13. The van der Waals surface area contributed by atoms with Crippen molar-refractivity contribution in [2.75, 3.05) is 12.4 Å². The maximum atomic E-state index is 12.4. The van der Waals surface area contributed by atoms with Gasteiger partial charge >= 0.3 is 0 Å². The Balaban J connectivity index is 1.51. The Morgan fingerprint density at radius 1 is 1.06 bits per heavy atom. The van der Waals surface area contributed by atoms with Crippen LogP contribution in [0.5, 0.6) is 5.75 Å². The lowest BCUT2D eigenvalue weighted by Crippen LogP contribution is -2.26. The molecule has 4 aromatic rings. The molecule has 8 nitrogen and oxygen atoms in total. The summed E-state index contributed by atoms with van der Waals surface area (Å²) in [7, 11) is 1.57. The van der Waals surface area contributed by atoms with E-state index in [9.17, 15) is 9.59 Å². The predicted octanol–water partition coefficient (Wildman–Crippen LogP) is 3.98. The number of hydrogen-bond acceptors (Lipinski definition) is 6. The monoisotopic (exact) mass is 480 g/mol. The van der Waals surface area contributed by atoms with E-state index in [0.717, 1.165) is 10.0 Å². The summed E-state index contributed by atoms with van der Waals surface area (Å²) in [6, 6.07) is 17.4. The van der Waals surface area contributed by atoms with Gasteiger partial charge in [0.1, 0.15) is 12.3 Å². The summed E-state index contributed by atoms with van der Waals surface area (Å²) in [5, 5.41) is 6.75. The molecule has 0 saturated carbocycles. The Labute approximate surface area is 185 Å². The first-order valence-electron chi connectivity index (χ1n) is 9.26. The molecular formula is C22H17BrN4O4. The maximum Gasteiger partial charge on any atom is 0.259 e. The molecule has 2 heterocycles. The van der Waals surface area contributed by atoms with E-state index in [0.29, 0.717) is 22.8 Å². The molecule has 9 heteroatoms. The average molecular weight is 481 g/mol. The minimum Gasteiger partial charge on any atom is -0.497 e. The number of ether oxygens (including phenoxy) is 1. The van der Waals surface area contributed by atoms with E-state index < -0.39 is 0 Å². The summed E-state index contributed by atoms with van der Waals surface area (Å²) in [6.07, 6.45) is 1.52. The molecular weight excluding hydrogens is 464 g/mol. The summed E-state index contributed by atoms with van der Waals surface area (Å²) in [4.78, 5) is 29.0. The van der Waals surface area contributed by atoms with Crippen molar-refractivity contribution in [2.45, 2.75) is 6.54 Å². The van der Waals surface area contributed by atoms with E-state index in [1.807, 2.05) is 24.3 Å². The Morgan fingerprint density at radius 3 is 2.48 bits per heavy atom. The Morgan fingerprint density at radius 2 is 1.77 bits per heavy atom. The maximum absolute atomic E-state index is 12.4. The van der Waals surface area contributed by atoms with Crippen LogP contribution in [0.4, 0.5) is 5.69 Å². The number of hydrogen-bond donors (Lipinski definition) is 1. The summed E-state index contributed by atoms with van der Waals surface area (Å²) >= 11 is 3.39. The largest absolute Gasteiger partial charge is 0.497 e. The van der Waals surface area contributed by atoms with Crippen molar-refractivity contribution >= 4 is 27.5 Å². The van der Waals surface area contributed by atoms with Crippen LogP contribution in [0.15, 0.2) is 80.7 Å². The smallest absolute Gasteiger partial charge is 0.259 e. The highest BCUT2D eigenvalue weighted by atomic mass is 79.9. The Bertz CT molecular complexity index is 1260. The van der Waals surface area contributed by atoms with E-state index in [2.05, 4.69) is 31.4 Å². The van der Waals surface area contributed by atoms with Crippen molar-refractivity contribution in [3.05, 3.63) is 81.7 Å². The van der Waals surface area contributed by atoms with Crippen LogP contribution in [0.1, 0.15) is 0 Å². The Hall–Kier alpha value is -3.72. The highest BCUT2D eigenvalue weighted by molar-refractivity contribution is 9.10. The second kappa shape index (κ2) is 8.97. The molecule has 0 aliphatic carbocycles. The standard InChI is InChI=1S/C22H17BrN4O4/c1-30-18-9-7-17(8-10-18)24-19(28)13-27-12-15(4-11-20(27)29)22-25-21(26-31-22)14-2-5-16(23)6-3-14/h2-12H,13H2,1H3,(H,24,28). The van der Waals surface area contributed by atoms with Gasteiger partial charge in [-0.05, 0) is 54.6 Å². The molecule has 0 unspecified atom stereocenters. The minimum absolute atomic E-state index is 0.160. The van der Waals surface area contributed by atoms with Gasteiger partial charge in [0.15, 0.2) is 0 Å². The van der Waals surface area contributed by atoms with Crippen LogP contribution in [-0.4, -0.2) is 27.7 Å². The zero-order chi connectivity index (χ0) is 21.8. The number of carbonyl (C=O) groups excluding carboxylic acids is 1. The van der Waals surface area contributed by atoms with E-state index >= 15 is 0 Å². The van der Waals surface area contributed by atoms with Crippen LogP contribution in [0.2, 0.25) is 0 Å². The zero-order valence-corrected chi connectivity index (χ0v) is 18.0. The van der Waals surface area contributed by atoms with Crippen LogP contribution in [0.3, 0.4) is 0 Å². The molecule has 1 N–H and O–H groups in total. The zero-order valence-electron chi connectivity index (χ0n) is 16.4. The van der Waals surface area contributed by atoms with Crippen molar-refractivity contribution in [1.82, 2.24) is 14.7 Å². The molecule has 0 bridgehead atoms. The van der Waals surface area contributed by atoms with Crippen LogP contribution in [0.25, 0.3) is 22.8 Å². The second-order valence-electron chi connectivity index (χ2n) is 6.59. The molecule has 0 spiro atoms. The summed E-state index contributed by atoms with van der Waals surface area (Å²) in [5.41, 5.74) is 1.62. The fourth-order valence-corrected chi connectivity index (χ4v) is 3.13. The van der Waals surface area contributed by atoms with Gasteiger partial charge in [-0.3, -0.25) is 9.59 Å². The predicted molar refractivity (Wildman–Crippen MR) is 119 cm³/mol. The van der Waals surface area contributed by atoms with Crippen LogP contribution in [-0.2, 0) is 11.3 Å². The fraction of sp³-hybridized carbons (Fsp3) is 0.0909. The van der Waals surface area contributed by atoms with Gasteiger partial charge in [-0.25, -0.2) is 0 Å². The Kier molecular flexibility index (Phi) is 5.94. The number of rotatable bonds is 6. The number of benzene rings is 2. The summed E-state index contributed by atoms with van der Waals surface area (Å²) in [5.74, 6) is 1.02. The highest BCUT2D eigenvalue weighted by Crippen LogP contribution is 2.23. The van der Waals surface area contributed by atoms with Gasteiger partial charge in [0.2, 0.25) is 11.7 Å². The third kappa shape index (κ3) is 4.89. The van der Waals surface area contributed by atoms with Gasteiger partial charge in [0.05, 0.1) is 12.7 Å². The lowest BCUT2D eigenvalue weighted by atomic mass is 10.2. The lowest BCUT2D eigenvalue weighted by molar-refractivity contribution is -0.116. The van der Waals surface area contributed by atoms with E-state index in [1.54, 1.807) is 37.4 Å². The van der Waals surface area contributed by atoms with Crippen molar-refractivity contribution in [3.8, 4) is 28.6 Å². The first kappa shape index (κ1) is 20.5. The third-order valence-corrected chi connectivity index (χ3v) is 4.98. The van der Waals surface area contributed by atoms with Crippen molar-refractivity contribution < 1.29 is 14.1 Å². The van der Waals surface area contributed by atoms with E-state index in [-0.39, 0.29) is 23.9 Å². The lowest BCUT2D eigenvalue weighted by Gasteiger charge is -2.08. The van der Waals surface area contributed by atoms with Gasteiger partial charge < -0.3 is 19.1 Å². The van der Waals surface area contributed by atoms with Gasteiger partial charge in [0.25, 0.3) is 11.4 Å². The van der Waals surface area contributed by atoms with Gasteiger partial charge in [-0.1, -0.05) is 21.1 Å². The summed E-state index contributed by atoms with van der Waals surface area (Å²) < 4.78 is 12.7. The van der Waals surface area contributed by atoms with Crippen LogP contribution in [0, 0.1) is 0 Å². The molecule has 0 aliphatic heterocycles. The molecule has 0 fully saturated rings. The van der Waals surface area contributed by atoms with Gasteiger partial charge in [-0.15, -0.1) is 0 Å². The molecule has 0 radical (unpaired) electrons. The number of amides is 1. The van der Waals surface area contributed by atoms with Gasteiger partial charge in [-0.2, -0.15) is 4.98 Å². The van der Waals surface area contributed by atoms with Gasteiger partial charge in [0, 0.05) is 28.0 Å². The molecule has 31 heavy (non-hydrogen) atoms. The van der Waals surface area contributed by atoms with E-state index in [4.69, 9.17) is 9.26 Å². The minimum atomic E-state index is -0.342. The van der Waals surface area contributed by atoms with Crippen LogP contribution < -0.4 is 15.6 Å². The molecule has 0 atom stereocenters. The molecule has 2 aromatic heterocycles. The van der Waals surface area contributed by atoms with Crippen molar-refractivity contribution in [3.63, 3.8) is 0 Å². The van der Waals surface area contributed by atoms with Crippen LogP contribution >= 0.6 is 15.9 Å². The first-order chi connectivity index (χ1) is 15.0. The molecule has 4 rings (SSSR count). The number of pyridine rings is 1. The number of halogens is 1. The van der Waals surface area contributed by atoms with Crippen molar-refractivity contribution in [2.24, 2.45) is 0 Å². The molecule has 1 amide bonds. The summed E-state index contributed by atoms with van der Waals surface area (Å²) in [6.45, 7) is -0.160. The number of nitrogens with one attached hydrogen (secondary N) is 1. The molecule has 156 valence electrons. The average Bonchev–Trinajstić information content (AvgIpc) is 3.26. The number of methoxy groups -OCH3 is 1. The number of aromatic nitrogens is 3. The third-order valence-electron chi connectivity index (χ3n) is 4.45. The number of anilines is 1.